The molecule has 1 aromatic rings. The van der Waals surface area contributed by atoms with Gasteiger partial charge in [0, 0.05) is 13.2 Å². The molecule has 1 heterocycles. The van der Waals surface area contributed by atoms with Crippen LogP contribution in [0.5, 0.6) is 0 Å². The van der Waals surface area contributed by atoms with Crippen LogP contribution in [0.4, 0.5) is 4.39 Å². The van der Waals surface area contributed by atoms with Crippen molar-refractivity contribution in [2.75, 3.05) is 19.8 Å². The van der Waals surface area contributed by atoms with Crippen LogP contribution in [0.25, 0.3) is 0 Å². The molecule has 1 saturated heterocycles. The van der Waals surface area contributed by atoms with E-state index in [1.165, 1.54) is 12.1 Å². The number of rotatable bonds is 5. The van der Waals surface area contributed by atoms with E-state index in [0.29, 0.717) is 19.8 Å². The zero-order valence-corrected chi connectivity index (χ0v) is 11.2. The van der Waals surface area contributed by atoms with E-state index in [1.807, 2.05) is 13.8 Å². The lowest BCUT2D eigenvalue weighted by molar-refractivity contribution is -0.130. The normalized spacial score (nSPS) is 23.1. The molecule has 0 aliphatic carbocycles. The molecule has 1 amide bonds. The van der Waals surface area contributed by atoms with E-state index in [1.54, 1.807) is 17.0 Å². The van der Waals surface area contributed by atoms with Crippen LogP contribution >= 0.6 is 0 Å². The minimum Gasteiger partial charge on any atom is -0.380 e. The molecule has 1 aromatic carbocycles. The lowest BCUT2D eigenvalue weighted by Crippen LogP contribution is -2.33. The summed E-state index contributed by atoms with van der Waals surface area (Å²) in [6.07, 6.45) is -0.205. The van der Waals surface area contributed by atoms with Crippen molar-refractivity contribution in [1.29, 1.82) is 0 Å². The molecule has 0 spiro atoms. The van der Waals surface area contributed by atoms with Gasteiger partial charge in [0.2, 0.25) is 5.91 Å². The van der Waals surface area contributed by atoms with Crippen molar-refractivity contribution in [3.8, 4) is 0 Å². The first-order valence-corrected chi connectivity index (χ1v) is 6.53. The molecule has 19 heavy (non-hydrogen) atoms. The van der Waals surface area contributed by atoms with E-state index in [4.69, 9.17) is 4.74 Å². The minimum atomic E-state index is -0.276. The first-order valence-electron chi connectivity index (χ1n) is 6.53. The second kappa shape index (κ2) is 6.12. The van der Waals surface area contributed by atoms with Crippen LogP contribution in [0.2, 0.25) is 0 Å². The number of nitrogens with zero attached hydrogens (tertiary/aromatic N) is 1. The number of nitrogens with one attached hydrogen (secondary N) is 1. The summed E-state index contributed by atoms with van der Waals surface area (Å²) >= 11 is 0. The quantitative estimate of drug-likeness (QED) is 0.824. The Hall–Kier alpha value is -1.46. The number of benzene rings is 1. The molecule has 1 aliphatic rings. The topological polar surface area (TPSA) is 41.6 Å². The number of halogens is 1. The maximum atomic E-state index is 13.0. The Kier molecular flexibility index (Phi) is 4.50. The predicted molar refractivity (Wildman–Crippen MR) is 69.9 cm³/mol. The Bertz CT molecular complexity index is 436. The largest absolute Gasteiger partial charge is 0.380 e. The lowest BCUT2D eigenvalue weighted by Gasteiger charge is -2.24. The first kappa shape index (κ1) is 14.0. The summed E-state index contributed by atoms with van der Waals surface area (Å²) in [6, 6.07) is 5.99. The highest BCUT2D eigenvalue weighted by Gasteiger charge is 2.36. The van der Waals surface area contributed by atoms with E-state index in [2.05, 4.69) is 5.32 Å². The van der Waals surface area contributed by atoms with Crippen LogP contribution in [-0.2, 0) is 9.53 Å². The highest BCUT2D eigenvalue weighted by Crippen LogP contribution is 2.25. The van der Waals surface area contributed by atoms with Crippen molar-refractivity contribution in [1.82, 2.24) is 10.2 Å². The van der Waals surface area contributed by atoms with Gasteiger partial charge in [0.1, 0.15) is 12.0 Å². The monoisotopic (exact) mass is 266 g/mol. The smallest absolute Gasteiger partial charge is 0.241 e. The van der Waals surface area contributed by atoms with Gasteiger partial charge in [0.25, 0.3) is 0 Å². The Morgan fingerprint density at radius 2 is 2.05 bits per heavy atom. The first-order chi connectivity index (χ1) is 9.13. The molecule has 0 radical (unpaired) electrons. The number of hydrogen-bond donors (Lipinski definition) is 1. The number of ether oxygens (including phenoxy) is 1. The highest BCUT2D eigenvalue weighted by molar-refractivity contribution is 5.84. The fourth-order valence-electron chi connectivity index (χ4n) is 2.24. The SMILES string of the molecule is CCOCCN1C(=O)C(C)NC1c1ccc(F)cc1. The van der Waals surface area contributed by atoms with E-state index in [0.717, 1.165) is 5.56 Å². The molecule has 0 aromatic heterocycles. The zero-order chi connectivity index (χ0) is 13.8. The Labute approximate surface area is 112 Å². The summed E-state index contributed by atoms with van der Waals surface area (Å²) in [4.78, 5) is 13.8. The Morgan fingerprint density at radius 1 is 1.37 bits per heavy atom. The zero-order valence-electron chi connectivity index (χ0n) is 11.2. The van der Waals surface area contributed by atoms with Crippen LogP contribution in [0.3, 0.4) is 0 Å². The number of carbonyl (C=O) groups is 1. The average Bonchev–Trinajstić information content (AvgIpc) is 2.68. The molecule has 4 nitrogen and oxygen atoms in total. The number of amides is 1. The molecule has 2 unspecified atom stereocenters. The van der Waals surface area contributed by atoms with Crippen LogP contribution in [0, 0.1) is 5.82 Å². The molecule has 1 aliphatic heterocycles. The van der Waals surface area contributed by atoms with Gasteiger partial charge in [-0.05, 0) is 31.5 Å². The van der Waals surface area contributed by atoms with E-state index < -0.39 is 0 Å². The fourth-order valence-corrected chi connectivity index (χ4v) is 2.24. The summed E-state index contributed by atoms with van der Waals surface area (Å²) < 4.78 is 18.3. The van der Waals surface area contributed by atoms with Gasteiger partial charge in [-0.2, -0.15) is 0 Å². The molecular formula is C14H19FN2O2. The van der Waals surface area contributed by atoms with Crippen molar-refractivity contribution in [3.63, 3.8) is 0 Å². The van der Waals surface area contributed by atoms with E-state index in [9.17, 15) is 9.18 Å². The molecular weight excluding hydrogens is 247 g/mol. The summed E-state index contributed by atoms with van der Waals surface area (Å²) in [5.41, 5.74) is 0.885. The van der Waals surface area contributed by atoms with Crippen LogP contribution in [-0.4, -0.2) is 36.6 Å². The molecule has 104 valence electrons. The van der Waals surface area contributed by atoms with Crippen molar-refractivity contribution in [2.24, 2.45) is 0 Å². The third-order valence-electron chi connectivity index (χ3n) is 3.24. The standard InChI is InChI=1S/C14H19FN2O2/c1-3-19-9-8-17-13(16-10(2)14(17)18)11-4-6-12(15)7-5-11/h4-7,10,13,16H,3,8-9H2,1-2H3. The van der Waals surface area contributed by atoms with Crippen molar-refractivity contribution >= 4 is 5.91 Å². The van der Waals surface area contributed by atoms with Crippen LogP contribution in [0.1, 0.15) is 25.6 Å². The Morgan fingerprint density at radius 3 is 2.68 bits per heavy atom. The second-order valence-corrected chi connectivity index (χ2v) is 4.57. The average molecular weight is 266 g/mol. The second-order valence-electron chi connectivity index (χ2n) is 4.57. The summed E-state index contributed by atoms with van der Waals surface area (Å²) in [7, 11) is 0. The molecule has 0 bridgehead atoms. The van der Waals surface area contributed by atoms with Gasteiger partial charge >= 0.3 is 0 Å². The fraction of sp³-hybridized carbons (Fsp3) is 0.500. The number of carbonyl (C=O) groups excluding carboxylic acids is 1. The van der Waals surface area contributed by atoms with E-state index in [-0.39, 0.29) is 23.9 Å². The summed E-state index contributed by atoms with van der Waals surface area (Å²) in [5.74, 6) is -0.226. The van der Waals surface area contributed by atoms with Crippen LogP contribution < -0.4 is 5.32 Å². The van der Waals surface area contributed by atoms with Gasteiger partial charge in [-0.15, -0.1) is 0 Å². The minimum absolute atomic E-state index is 0.0500. The maximum absolute atomic E-state index is 13.0. The Balaban J connectivity index is 2.12. The van der Waals surface area contributed by atoms with Crippen molar-refractivity contribution < 1.29 is 13.9 Å². The van der Waals surface area contributed by atoms with Gasteiger partial charge in [-0.25, -0.2) is 4.39 Å². The van der Waals surface area contributed by atoms with Crippen molar-refractivity contribution in [3.05, 3.63) is 35.6 Å². The van der Waals surface area contributed by atoms with E-state index >= 15 is 0 Å². The third-order valence-corrected chi connectivity index (χ3v) is 3.24. The predicted octanol–water partition coefficient (Wildman–Crippen LogP) is 1.68. The summed E-state index contributed by atoms with van der Waals surface area (Å²) in [6.45, 7) is 5.43. The molecule has 2 rings (SSSR count). The van der Waals surface area contributed by atoms with Gasteiger partial charge < -0.3 is 9.64 Å². The van der Waals surface area contributed by atoms with Gasteiger partial charge in [0.05, 0.1) is 12.6 Å². The number of hydrogen-bond acceptors (Lipinski definition) is 3. The highest BCUT2D eigenvalue weighted by atomic mass is 19.1. The molecule has 0 saturated carbocycles. The molecule has 2 atom stereocenters. The molecule has 1 N–H and O–H groups in total. The molecule has 1 fully saturated rings. The van der Waals surface area contributed by atoms with Crippen LogP contribution in [0.15, 0.2) is 24.3 Å². The van der Waals surface area contributed by atoms with Crippen molar-refractivity contribution in [2.45, 2.75) is 26.1 Å². The summed E-state index contributed by atoms with van der Waals surface area (Å²) in [5, 5.41) is 3.21. The maximum Gasteiger partial charge on any atom is 0.241 e. The van der Waals surface area contributed by atoms with Gasteiger partial charge in [-0.3, -0.25) is 10.1 Å². The third kappa shape index (κ3) is 3.11. The molecule has 5 heteroatoms. The van der Waals surface area contributed by atoms with Gasteiger partial charge in [0.15, 0.2) is 0 Å². The lowest BCUT2D eigenvalue weighted by atomic mass is 10.1. The van der Waals surface area contributed by atoms with Gasteiger partial charge in [-0.1, -0.05) is 12.1 Å².